The van der Waals surface area contributed by atoms with Crippen molar-refractivity contribution in [2.75, 3.05) is 44.2 Å². The van der Waals surface area contributed by atoms with Crippen LogP contribution in [0.5, 0.6) is 0 Å². The second-order valence-electron chi connectivity index (χ2n) is 9.37. The van der Waals surface area contributed by atoms with Gasteiger partial charge < -0.3 is 14.7 Å². The Balaban J connectivity index is 1.12. The van der Waals surface area contributed by atoms with Crippen molar-refractivity contribution in [3.05, 3.63) is 79.2 Å². The largest absolute Gasteiger partial charge is 0.368 e. The molecule has 1 aromatic heterocycles. The molecule has 3 heterocycles. The van der Waals surface area contributed by atoms with E-state index in [-0.39, 0.29) is 17.7 Å². The van der Waals surface area contributed by atoms with Gasteiger partial charge >= 0.3 is 0 Å². The molecule has 3 aromatic rings. The molecule has 2 fully saturated rings. The Kier molecular flexibility index (Phi) is 8.24. The van der Waals surface area contributed by atoms with E-state index in [1.165, 1.54) is 0 Å². The molecule has 2 saturated heterocycles. The van der Waals surface area contributed by atoms with E-state index in [2.05, 4.69) is 4.90 Å². The number of hydrogen-bond donors (Lipinski definition) is 0. The molecule has 10 heteroatoms. The molecular formula is C27H27Cl3N4O2S. The van der Waals surface area contributed by atoms with E-state index in [1.54, 1.807) is 17.4 Å². The Hall–Kier alpha value is -2.32. The van der Waals surface area contributed by atoms with Crippen molar-refractivity contribution < 1.29 is 9.59 Å². The summed E-state index contributed by atoms with van der Waals surface area (Å²) in [7, 11) is 0. The van der Waals surface area contributed by atoms with E-state index >= 15 is 0 Å². The topological polar surface area (TPSA) is 56.8 Å². The van der Waals surface area contributed by atoms with E-state index in [1.807, 2.05) is 51.6 Å². The van der Waals surface area contributed by atoms with Crippen LogP contribution >= 0.6 is 46.1 Å². The summed E-state index contributed by atoms with van der Waals surface area (Å²) in [5, 5.41) is 4.55. The second-order valence-corrected chi connectivity index (χ2v) is 11.5. The minimum Gasteiger partial charge on any atom is -0.368 e. The summed E-state index contributed by atoms with van der Waals surface area (Å²) in [6.07, 6.45) is 2.01. The van der Waals surface area contributed by atoms with Crippen LogP contribution in [0.3, 0.4) is 0 Å². The van der Waals surface area contributed by atoms with Gasteiger partial charge in [-0.25, -0.2) is 4.98 Å². The first-order chi connectivity index (χ1) is 17.9. The SMILES string of the molecule is O=C(Cc1ccccc1Cl)N1CCC(c2nc(C(=O)N3CCN(c4ccc(Cl)c(Cl)c4)CC3)cs2)CC1. The minimum absolute atomic E-state index is 0.0244. The predicted octanol–water partition coefficient (Wildman–Crippen LogP) is 6.01. The number of carbonyl (C=O) groups excluding carboxylic acids is 2. The van der Waals surface area contributed by atoms with Gasteiger partial charge in [0, 0.05) is 61.3 Å². The number of halogens is 3. The highest BCUT2D eigenvalue weighted by atomic mass is 35.5. The summed E-state index contributed by atoms with van der Waals surface area (Å²) in [6, 6.07) is 13.1. The number of thiazole rings is 1. The number of amides is 2. The summed E-state index contributed by atoms with van der Waals surface area (Å²) in [5.41, 5.74) is 2.38. The fourth-order valence-electron chi connectivity index (χ4n) is 4.88. The minimum atomic E-state index is -0.0244. The quantitative estimate of drug-likeness (QED) is 0.372. The molecular weight excluding hydrogens is 551 g/mol. The van der Waals surface area contributed by atoms with Gasteiger partial charge in [0.2, 0.25) is 5.91 Å². The van der Waals surface area contributed by atoms with Crippen molar-refractivity contribution >= 4 is 63.6 Å². The summed E-state index contributed by atoms with van der Waals surface area (Å²) < 4.78 is 0. The third kappa shape index (κ3) is 6.06. The highest BCUT2D eigenvalue weighted by Gasteiger charge is 2.28. The number of piperazine rings is 1. The van der Waals surface area contributed by atoms with Gasteiger partial charge in [-0.2, -0.15) is 0 Å². The third-order valence-electron chi connectivity index (χ3n) is 7.07. The van der Waals surface area contributed by atoms with Crippen LogP contribution in [0.15, 0.2) is 47.8 Å². The molecule has 2 aliphatic heterocycles. The van der Waals surface area contributed by atoms with Crippen molar-refractivity contribution in [3.8, 4) is 0 Å². The Bertz CT molecular complexity index is 1280. The molecule has 0 unspecified atom stereocenters. The van der Waals surface area contributed by atoms with E-state index in [9.17, 15) is 9.59 Å². The molecule has 0 spiro atoms. The van der Waals surface area contributed by atoms with Crippen molar-refractivity contribution in [1.82, 2.24) is 14.8 Å². The summed E-state index contributed by atoms with van der Waals surface area (Å²) >= 11 is 20.0. The van der Waals surface area contributed by atoms with Crippen LogP contribution in [-0.4, -0.2) is 65.9 Å². The van der Waals surface area contributed by atoms with Gasteiger partial charge in [0.25, 0.3) is 5.91 Å². The standard InChI is InChI=1S/C27H27Cl3N4O2S/c28-21-4-2-1-3-19(21)15-25(35)33-9-7-18(8-10-33)26-31-24(17-37-26)27(36)34-13-11-32(12-14-34)20-5-6-22(29)23(30)16-20/h1-6,16-18H,7-15H2. The molecule has 2 amide bonds. The van der Waals surface area contributed by atoms with Gasteiger partial charge in [0.1, 0.15) is 5.69 Å². The molecule has 0 saturated carbocycles. The lowest BCUT2D eigenvalue weighted by atomic mass is 9.97. The summed E-state index contributed by atoms with van der Waals surface area (Å²) in [6.45, 7) is 4.07. The molecule has 194 valence electrons. The van der Waals surface area contributed by atoms with E-state index in [4.69, 9.17) is 39.8 Å². The molecule has 0 radical (unpaired) electrons. The number of nitrogens with zero attached hydrogens (tertiary/aromatic N) is 4. The van der Waals surface area contributed by atoms with Crippen molar-refractivity contribution in [2.45, 2.75) is 25.2 Å². The number of likely N-dealkylation sites (tertiary alicyclic amines) is 1. The molecule has 6 nitrogen and oxygen atoms in total. The molecule has 0 N–H and O–H groups in total. The maximum atomic E-state index is 13.1. The Morgan fingerprint density at radius 2 is 1.59 bits per heavy atom. The predicted molar refractivity (Wildman–Crippen MR) is 150 cm³/mol. The zero-order valence-corrected chi connectivity index (χ0v) is 23.3. The van der Waals surface area contributed by atoms with Gasteiger partial charge in [-0.05, 0) is 42.7 Å². The number of carbonyl (C=O) groups is 2. The van der Waals surface area contributed by atoms with Gasteiger partial charge in [0.05, 0.1) is 21.5 Å². The summed E-state index contributed by atoms with van der Waals surface area (Å²) in [5.74, 6) is 0.340. The normalized spacial score (nSPS) is 16.8. The number of hydrogen-bond acceptors (Lipinski definition) is 5. The second kappa shape index (κ2) is 11.6. The Morgan fingerprint density at radius 3 is 2.30 bits per heavy atom. The van der Waals surface area contributed by atoms with Crippen LogP contribution in [0.4, 0.5) is 5.69 Å². The molecule has 2 aromatic carbocycles. The van der Waals surface area contributed by atoms with Gasteiger partial charge in [-0.15, -0.1) is 11.3 Å². The number of aromatic nitrogens is 1. The lowest BCUT2D eigenvalue weighted by Gasteiger charge is -2.36. The third-order valence-corrected chi connectivity index (χ3v) is 9.19. The van der Waals surface area contributed by atoms with Crippen LogP contribution in [0, 0.1) is 0 Å². The Morgan fingerprint density at radius 1 is 0.865 bits per heavy atom. The van der Waals surface area contributed by atoms with Gasteiger partial charge in [0.15, 0.2) is 0 Å². The molecule has 0 atom stereocenters. The van der Waals surface area contributed by atoms with Crippen LogP contribution in [0.2, 0.25) is 15.1 Å². The Labute approximate surface area is 235 Å². The molecule has 37 heavy (non-hydrogen) atoms. The monoisotopic (exact) mass is 576 g/mol. The van der Waals surface area contributed by atoms with Crippen LogP contribution in [-0.2, 0) is 11.2 Å². The maximum absolute atomic E-state index is 13.1. The highest BCUT2D eigenvalue weighted by Crippen LogP contribution is 2.32. The number of piperidine rings is 1. The summed E-state index contributed by atoms with van der Waals surface area (Å²) in [4.78, 5) is 36.6. The average molecular weight is 578 g/mol. The number of anilines is 1. The average Bonchev–Trinajstić information content (AvgIpc) is 3.42. The zero-order valence-electron chi connectivity index (χ0n) is 20.2. The van der Waals surface area contributed by atoms with E-state index < -0.39 is 0 Å². The fraction of sp³-hybridized carbons (Fsp3) is 0.370. The number of benzene rings is 2. The molecule has 2 aliphatic rings. The van der Waals surface area contributed by atoms with E-state index in [0.29, 0.717) is 53.4 Å². The molecule has 0 bridgehead atoms. The fourth-order valence-corrected chi connectivity index (χ4v) is 6.34. The smallest absolute Gasteiger partial charge is 0.273 e. The number of rotatable bonds is 5. The van der Waals surface area contributed by atoms with Crippen LogP contribution in [0.25, 0.3) is 0 Å². The molecule has 0 aliphatic carbocycles. The molecule has 5 rings (SSSR count). The van der Waals surface area contributed by atoms with E-state index in [0.717, 1.165) is 42.2 Å². The zero-order chi connectivity index (χ0) is 25.9. The van der Waals surface area contributed by atoms with Gasteiger partial charge in [-0.3, -0.25) is 9.59 Å². The first kappa shape index (κ1) is 26.3. The highest BCUT2D eigenvalue weighted by molar-refractivity contribution is 7.09. The van der Waals surface area contributed by atoms with Crippen LogP contribution in [0.1, 0.15) is 39.8 Å². The lowest BCUT2D eigenvalue weighted by Crippen LogP contribution is -2.48. The van der Waals surface area contributed by atoms with Crippen molar-refractivity contribution in [1.29, 1.82) is 0 Å². The lowest BCUT2D eigenvalue weighted by molar-refractivity contribution is -0.131. The van der Waals surface area contributed by atoms with Crippen molar-refractivity contribution in [2.24, 2.45) is 0 Å². The first-order valence-corrected chi connectivity index (χ1v) is 14.4. The first-order valence-electron chi connectivity index (χ1n) is 12.3. The van der Waals surface area contributed by atoms with Gasteiger partial charge in [-0.1, -0.05) is 53.0 Å². The maximum Gasteiger partial charge on any atom is 0.273 e. The van der Waals surface area contributed by atoms with Crippen LogP contribution < -0.4 is 4.90 Å². The van der Waals surface area contributed by atoms with Crippen molar-refractivity contribution in [3.63, 3.8) is 0 Å².